The second-order valence-corrected chi connectivity index (χ2v) is 7.86. The first kappa shape index (κ1) is 14.7. The van der Waals surface area contributed by atoms with Gasteiger partial charge < -0.3 is 0 Å². The molecule has 0 radical (unpaired) electrons. The Morgan fingerprint density at radius 3 is 2.52 bits per heavy atom. The zero-order valence-electron chi connectivity index (χ0n) is 10.8. The molecule has 0 atom stereocenters. The van der Waals surface area contributed by atoms with Gasteiger partial charge in [-0.15, -0.1) is 11.3 Å². The van der Waals surface area contributed by atoms with Crippen LogP contribution in [0.5, 0.6) is 0 Å². The fraction of sp³-hybridized carbons (Fsp3) is 0.0667. The third-order valence-corrected chi connectivity index (χ3v) is 5.14. The van der Waals surface area contributed by atoms with Crippen LogP contribution in [0.4, 0.5) is 0 Å². The Morgan fingerprint density at radius 1 is 1.14 bits per heavy atom. The maximum absolute atomic E-state index is 11.3. The summed E-state index contributed by atoms with van der Waals surface area (Å²) in [5.41, 5.74) is 2.48. The summed E-state index contributed by atoms with van der Waals surface area (Å²) in [7, 11) is 0. The molecule has 3 aromatic rings. The molecule has 0 bridgehead atoms. The van der Waals surface area contributed by atoms with Gasteiger partial charge in [0, 0.05) is 10.7 Å². The van der Waals surface area contributed by atoms with Crippen LogP contribution in [0, 0.1) is 0 Å². The van der Waals surface area contributed by atoms with Crippen molar-refractivity contribution in [2.45, 2.75) is 6.54 Å². The Morgan fingerprint density at radius 2 is 1.90 bits per heavy atom. The van der Waals surface area contributed by atoms with E-state index in [0.717, 1.165) is 30.7 Å². The molecule has 0 saturated carbocycles. The van der Waals surface area contributed by atoms with Crippen molar-refractivity contribution in [1.29, 1.82) is 0 Å². The second kappa shape index (κ2) is 6.25. The molecule has 0 N–H and O–H groups in total. The molecule has 3 rings (SSSR count). The van der Waals surface area contributed by atoms with Gasteiger partial charge in [-0.2, -0.15) is 5.10 Å². The third kappa shape index (κ3) is 3.33. The van der Waals surface area contributed by atoms with E-state index in [1.54, 1.807) is 22.2 Å². The number of hydrogen-bond donors (Lipinski definition) is 0. The molecule has 0 aliphatic carbocycles. The predicted molar refractivity (Wildman–Crippen MR) is 91.9 cm³/mol. The van der Waals surface area contributed by atoms with Crippen molar-refractivity contribution in [3.8, 4) is 10.6 Å². The van der Waals surface area contributed by atoms with Crippen LogP contribution in [-0.2, 0) is 6.54 Å². The van der Waals surface area contributed by atoms with Gasteiger partial charge in [0.1, 0.15) is 5.69 Å². The average molecular weight is 426 g/mol. The number of benzene rings is 1. The van der Waals surface area contributed by atoms with Crippen molar-refractivity contribution in [2.24, 2.45) is 0 Å². The number of aldehydes is 1. The molecule has 0 unspecified atom stereocenters. The van der Waals surface area contributed by atoms with E-state index in [9.17, 15) is 4.79 Å². The quantitative estimate of drug-likeness (QED) is 0.551. The van der Waals surface area contributed by atoms with E-state index < -0.39 is 0 Å². The number of carbonyl (C=O) groups excluding carboxylic acids is 1. The maximum Gasteiger partial charge on any atom is 0.153 e. The van der Waals surface area contributed by atoms with E-state index in [4.69, 9.17) is 0 Å². The van der Waals surface area contributed by atoms with Gasteiger partial charge in [0.15, 0.2) is 6.29 Å². The predicted octanol–water partition coefficient (Wildman–Crippen LogP) is 5.00. The maximum atomic E-state index is 11.3. The Hall–Kier alpha value is -1.24. The summed E-state index contributed by atoms with van der Waals surface area (Å²) in [6.45, 7) is 0.640. The number of carbonyl (C=O) groups is 1. The van der Waals surface area contributed by atoms with E-state index in [-0.39, 0.29) is 0 Å². The van der Waals surface area contributed by atoms with Crippen LogP contribution < -0.4 is 0 Å². The van der Waals surface area contributed by atoms with Crippen molar-refractivity contribution in [1.82, 2.24) is 9.78 Å². The molecule has 0 fully saturated rings. The summed E-state index contributed by atoms with van der Waals surface area (Å²) in [6, 6.07) is 12.0. The van der Waals surface area contributed by atoms with Crippen molar-refractivity contribution < 1.29 is 4.79 Å². The molecule has 2 heterocycles. The zero-order valence-corrected chi connectivity index (χ0v) is 14.8. The van der Waals surface area contributed by atoms with Gasteiger partial charge >= 0.3 is 0 Å². The minimum absolute atomic E-state index is 0.612. The monoisotopic (exact) mass is 424 g/mol. The fourth-order valence-corrected chi connectivity index (χ4v) is 3.67. The highest BCUT2D eigenvalue weighted by Crippen LogP contribution is 2.31. The van der Waals surface area contributed by atoms with Crippen LogP contribution in [0.3, 0.4) is 0 Å². The minimum atomic E-state index is 0.612. The highest BCUT2D eigenvalue weighted by atomic mass is 79.9. The van der Waals surface area contributed by atoms with Gasteiger partial charge in [-0.3, -0.25) is 9.48 Å². The lowest BCUT2D eigenvalue weighted by Gasteiger charge is -2.01. The summed E-state index contributed by atoms with van der Waals surface area (Å²) in [6.07, 6.45) is 2.64. The van der Waals surface area contributed by atoms with Crippen molar-refractivity contribution >= 4 is 49.5 Å². The van der Waals surface area contributed by atoms with Crippen LogP contribution >= 0.6 is 43.2 Å². The molecule has 2 aromatic heterocycles. The standard InChI is InChI=1S/C15H10Br2N2OS/c16-12-3-1-10(2-4-12)7-19-8-11(9-20)15(18-19)13-5-6-14(17)21-13/h1-6,8-9H,7H2. The minimum Gasteiger partial charge on any atom is -0.298 e. The van der Waals surface area contributed by atoms with Gasteiger partial charge in [0.25, 0.3) is 0 Å². The SMILES string of the molecule is O=Cc1cn(Cc2ccc(Br)cc2)nc1-c1ccc(Br)s1. The van der Waals surface area contributed by atoms with Gasteiger partial charge in [-0.25, -0.2) is 0 Å². The van der Waals surface area contributed by atoms with Crippen LogP contribution in [-0.4, -0.2) is 16.1 Å². The molecule has 0 saturated heterocycles. The lowest BCUT2D eigenvalue weighted by Crippen LogP contribution is -1.99. The van der Waals surface area contributed by atoms with Crippen LogP contribution in [0.15, 0.2) is 50.9 Å². The van der Waals surface area contributed by atoms with Crippen LogP contribution in [0.2, 0.25) is 0 Å². The zero-order chi connectivity index (χ0) is 14.8. The highest BCUT2D eigenvalue weighted by molar-refractivity contribution is 9.11. The van der Waals surface area contributed by atoms with Crippen LogP contribution in [0.1, 0.15) is 15.9 Å². The highest BCUT2D eigenvalue weighted by Gasteiger charge is 2.12. The van der Waals surface area contributed by atoms with Crippen LogP contribution in [0.25, 0.3) is 10.6 Å². The fourth-order valence-electron chi connectivity index (χ4n) is 2.01. The van der Waals surface area contributed by atoms with Crippen molar-refractivity contribution in [3.63, 3.8) is 0 Å². The molecular weight excluding hydrogens is 416 g/mol. The number of hydrogen-bond acceptors (Lipinski definition) is 3. The van der Waals surface area contributed by atoms with E-state index in [0.29, 0.717) is 12.1 Å². The summed E-state index contributed by atoms with van der Waals surface area (Å²) in [5, 5.41) is 4.55. The van der Waals surface area contributed by atoms with Gasteiger partial charge in [-0.1, -0.05) is 28.1 Å². The molecule has 3 nitrogen and oxygen atoms in total. The number of aromatic nitrogens is 2. The Bertz CT molecular complexity index is 777. The smallest absolute Gasteiger partial charge is 0.153 e. The average Bonchev–Trinajstić information content (AvgIpc) is 3.07. The number of halogens is 2. The first-order chi connectivity index (χ1) is 10.2. The van der Waals surface area contributed by atoms with Gasteiger partial charge in [-0.05, 0) is 45.8 Å². The van der Waals surface area contributed by atoms with E-state index >= 15 is 0 Å². The lowest BCUT2D eigenvalue weighted by atomic mass is 10.2. The topological polar surface area (TPSA) is 34.9 Å². The van der Waals surface area contributed by atoms with Gasteiger partial charge in [0.2, 0.25) is 0 Å². The third-order valence-electron chi connectivity index (χ3n) is 2.98. The molecule has 106 valence electrons. The van der Waals surface area contributed by atoms with Crippen molar-refractivity contribution in [2.75, 3.05) is 0 Å². The number of thiophene rings is 1. The summed E-state index contributed by atoms with van der Waals surface area (Å²) in [4.78, 5) is 12.2. The molecule has 1 aromatic carbocycles. The summed E-state index contributed by atoms with van der Waals surface area (Å²) in [5.74, 6) is 0. The summed E-state index contributed by atoms with van der Waals surface area (Å²) >= 11 is 8.42. The molecule has 0 spiro atoms. The molecular formula is C15H10Br2N2OS. The van der Waals surface area contributed by atoms with Gasteiger partial charge in [0.05, 0.1) is 20.8 Å². The molecule has 6 heteroatoms. The Balaban J connectivity index is 1.92. The largest absolute Gasteiger partial charge is 0.298 e. The molecule has 0 aliphatic rings. The lowest BCUT2D eigenvalue weighted by molar-refractivity contribution is 0.112. The van der Waals surface area contributed by atoms with E-state index in [1.807, 2.05) is 36.4 Å². The number of rotatable bonds is 4. The van der Waals surface area contributed by atoms with E-state index in [1.165, 1.54) is 0 Å². The summed E-state index contributed by atoms with van der Waals surface area (Å²) < 4.78 is 3.87. The first-order valence-electron chi connectivity index (χ1n) is 6.18. The normalized spacial score (nSPS) is 10.8. The first-order valence-corrected chi connectivity index (χ1v) is 8.59. The molecule has 0 aliphatic heterocycles. The number of nitrogens with zero attached hydrogens (tertiary/aromatic N) is 2. The van der Waals surface area contributed by atoms with E-state index in [2.05, 4.69) is 37.0 Å². The molecule has 21 heavy (non-hydrogen) atoms. The Kier molecular flexibility index (Phi) is 4.37. The second-order valence-electron chi connectivity index (χ2n) is 4.48. The Labute approximate surface area is 142 Å². The van der Waals surface area contributed by atoms with Crippen molar-refractivity contribution in [3.05, 3.63) is 62.0 Å². The molecule has 0 amide bonds.